The molecule has 174 valence electrons. The quantitative estimate of drug-likeness (QED) is 0.294. The number of rotatable bonds is 5. The number of benzene rings is 3. The number of aryl methyl sites for hydroxylation is 2. The van der Waals surface area contributed by atoms with Crippen molar-refractivity contribution in [1.29, 1.82) is 0 Å². The molecule has 1 unspecified atom stereocenters. The van der Waals surface area contributed by atoms with Crippen LogP contribution in [0, 0.1) is 13.8 Å². The Morgan fingerprint density at radius 1 is 0.912 bits per heavy atom. The molecule has 3 aromatic carbocycles. The van der Waals surface area contributed by atoms with E-state index in [1.807, 2.05) is 13.8 Å². The van der Waals surface area contributed by atoms with E-state index < -0.39 is 17.7 Å². The summed E-state index contributed by atoms with van der Waals surface area (Å²) < 4.78 is 10.6. The Bertz CT molecular complexity index is 1310. The number of carbonyl (C=O) groups is 2. The maximum absolute atomic E-state index is 13.3. The van der Waals surface area contributed by atoms with Gasteiger partial charge in [-0.1, -0.05) is 29.8 Å². The molecular weight excluding hydrogens is 454 g/mol. The number of nitrogens with zero attached hydrogens (tertiary/aromatic N) is 1. The van der Waals surface area contributed by atoms with Gasteiger partial charge in [-0.15, -0.1) is 0 Å². The first kappa shape index (κ1) is 23.4. The molecule has 1 saturated heterocycles. The van der Waals surface area contributed by atoms with Gasteiger partial charge in [0.2, 0.25) is 0 Å². The summed E-state index contributed by atoms with van der Waals surface area (Å²) in [5.41, 5.74) is 3.14. The minimum atomic E-state index is -0.855. The standard InChI is InChI=1S/C27H24ClNO5/c1-15-5-9-19(14-21(15)28)29-24(17-6-10-20(33-3)11-7-17)23(26(31)27(29)32)25(30)18-8-12-22(34-4)16(2)13-18/h5-14,24,30H,1-4H3/b25-23+. The van der Waals surface area contributed by atoms with Crippen molar-refractivity contribution < 1.29 is 24.2 Å². The molecule has 6 nitrogen and oxygen atoms in total. The van der Waals surface area contributed by atoms with E-state index in [1.54, 1.807) is 74.9 Å². The molecule has 1 aliphatic rings. The van der Waals surface area contributed by atoms with E-state index in [-0.39, 0.29) is 11.3 Å². The number of methoxy groups -OCH3 is 2. The van der Waals surface area contributed by atoms with Crippen LogP contribution in [-0.4, -0.2) is 31.0 Å². The Hall–Kier alpha value is -3.77. The van der Waals surface area contributed by atoms with Crippen LogP contribution in [0.25, 0.3) is 5.76 Å². The molecular formula is C27H24ClNO5. The SMILES string of the molecule is COc1ccc(C2/C(=C(\O)c3ccc(OC)c(C)c3)C(=O)C(=O)N2c2ccc(C)c(Cl)c2)cc1. The van der Waals surface area contributed by atoms with Gasteiger partial charge < -0.3 is 14.6 Å². The summed E-state index contributed by atoms with van der Waals surface area (Å²) >= 11 is 6.34. The summed E-state index contributed by atoms with van der Waals surface area (Å²) in [5, 5.41) is 11.8. The van der Waals surface area contributed by atoms with Crippen LogP contribution in [0.15, 0.2) is 66.2 Å². The van der Waals surface area contributed by atoms with Crippen molar-refractivity contribution in [2.24, 2.45) is 0 Å². The summed E-state index contributed by atoms with van der Waals surface area (Å²) in [7, 11) is 3.12. The number of anilines is 1. The second kappa shape index (κ2) is 9.23. The summed E-state index contributed by atoms with van der Waals surface area (Å²) in [4.78, 5) is 27.9. The van der Waals surface area contributed by atoms with E-state index in [4.69, 9.17) is 21.1 Å². The number of aliphatic hydroxyl groups excluding tert-OH is 1. The summed E-state index contributed by atoms with van der Waals surface area (Å²) in [6.07, 6.45) is 0. The predicted molar refractivity (Wildman–Crippen MR) is 132 cm³/mol. The molecule has 1 atom stereocenters. The number of aliphatic hydroxyl groups is 1. The maximum atomic E-state index is 13.3. The zero-order chi connectivity index (χ0) is 24.6. The van der Waals surface area contributed by atoms with E-state index in [9.17, 15) is 14.7 Å². The van der Waals surface area contributed by atoms with E-state index in [0.717, 1.165) is 11.1 Å². The third-order valence-corrected chi connectivity index (χ3v) is 6.39. The monoisotopic (exact) mass is 477 g/mol. The van der Waals surface area contributed by atoms with Crippen LogP contribution in [0.5, 0.6) is 11.5 Å². The van der Waals surface area contributed by atoms with Crippen LogP contribution in [-0.2, 0) is 9.59 Å². The third-order valence-electron chi connectivity index (χ3n) is 5.98. The number of hydrogen-bond acceptors (Lipinski definition) is 5. The highest BCUT2D eigenvalue weighted by atomic mass is 35.5. The van der Waals surface area contributed by atoms with Crippen molar-refractivity contribution in [1.82, 2.24) is 0 Å². The highest BCUT2D eigenvalue weighted by Gasteiger charge is 2.47. The number of ether oxygens (including phenoxy) is 2. The molecule has 1 heterocycles. The van der Waals surface area contributed by atoms with Gasteiger partial charge >= 0.3 is 0 Å². The van der Waals surface area contributed by atoms with Gasteiger partial charge in [0.25, 0.3) is 11.7 Å². The average molecular weight is 478 g/mol. The zero-order valence-electron chi connectivity index (χ0n) is 19.3. The molecule has 1 fully saturated rings. The van der Waals surface area contributed by atoms with Crippen molar-refractivity contribution in [2.75, 3.05) is 19.1 Å². The fourth-order valence-corrected chi connectivity index (χ4v) is 4.29. The van der Waals surface area contributed by atoms with E-state index in [2.05, 4.69) is 0 Å². The summed E-state index contributed by atoms with van der Waals surface area (Å²) in [6.45, 7) is 3.69. The normalized spacial score (nSPS) is 17.2. The van der Waals surface area contributed by atoms with Crippen LogP contribution >= 0.6 is 11.6 Å². The predicted octanol–water partition coefficient (Wildman–Crippen LogP) is 5.60. The van der Waals surface area contributed by atoms with Gasteiger partial charge in [0.05, 0.1) is 25.8 Å². The van der Waals surface area contributed by atoms with Crippen molar-refractivity contribution >= 4 is 34.7 Å². The third kappa shape index (κ3) is 4.01. The zero-order valence-corrected chi connectivity index (χ0v) is 20.0. The average Bonchev–Trinajstić information content (AvgIpc) is 3.10. The smallest absolute Gasteiger partial charge is 0.300 e. The van der Waals surface area contributed by atoms with Gasteiger partial charge in [-0.25, -0.2) is 0 Å². The van der Waals surface area contributed by atoms with E-state index in [0.29, 0.717) is 33.3 Å². The summed E-state index contributed by atoms with van der Waals surface area (Å²) in [5.74, 6) is -0.496. The second-order valence-corrected chi connectivity index (χ2v) is 8.47. The molecule has 0 aromatic heterocycles. The number of hydrogen-bond donors (Lipinski definition) is 1. The molecule has 0 radical (unpaired) electrons. The highest BCUT2D eigenvalue weighted by molar-refractivity contribution is 6.51. The Balaban J connectivity index is 1.94. The molecule has 34 heavy (non-hydrogen) atoms. The van der Waals surface area contributed by atoms with Gasteiger partial charge in [0.15, 0.2) is 0 Å². The van der Waals surface area contributed by atoms with Crippen molar-refractivity contribution in [3.8, 4) is 11.5 Å². The fraction of sp³-hybridized carbons (Fsp3) is 0.185. The van der Waals surface area contributed by atoms with Gasteiger partial charge in [0, 0.05) is 16.3 Å². The van der Waals surface area contributed by atoms with E-state index >= 15 is 0 Å². The lowest BCUT2D eigenvalue weighted by atomic mass is 9.94. The number of halogens is 1. The lowest BCUT2D eigenvalue weighted by molar-refractivity contribution is -0.132. The fourth-order valence-electron chi connectivity index (χ4n) is 4.11. The molecule has 4 rings (SSSR count). The highest BCUT2D eigenvalue weighted by Crippen LogP contribution is 2.43. The molecule has 0 saturated carbocycles. The van der Waals surface area contributed by atoms with Gasteiger partial charge in [-0.05, 0) is 73.0 Å². The lowest BCUT2D eigenvalue weighted by Crippen LogP contribution is -2.29. The van der Waals surface area contributed by atoms with Gasteiger partial charge in [0.1, 0.15) is 17.3 Å². The van der Waals surface area contributed by atoms with Crippen LogP contribution in [0.2, 0.25) is 5.02 Å². The van der Waals surface area contributed by atoms with Crippen molar-refractivity contribution in [3.63, 3.8) is 0 Å². The van der Waals surface area contributed by atoms with Gasteiger partial charge in [-0.2, -0.15) is 0 Å². The molecule has 0 aliphatic carbocycles. The van der Waals surface area contributed by atoms with Crippen LogP contribution < -0.4 is 14.4 Å². The number of carbonyl (C=O) groups excluding carboxylic acids is 2. The molecule has 3 aromatic rings. The van der Waals surface area contributed by atoms with Crippen molar-refractivity contribution in [2.45, 2.75) is 19.9 Å². The van der Waals surface area contributed by atoms with Crippen LogP contribution in [0.3, 0.4) is 0 Å². The number of ketones is 1. The molecule has 1 aliphatic heterocycles. The first-order valence-electron chi connectivity index (χ1n) is 10.6. The number of amides is 1. The topological polar surface area (TPSA) is 76.1 Å². The molecule has 7 heteroatoms. The molecule has 1 N–H and O–H groups in total. The van der Waals surface area contributed by atoms with Crippen LogP contribution in [0.1, 0.15) is 28.3 Å². The largest absolute Gasteiger partial charge is 0.507 e. The summed E-state index contributed by atoms with van der Waals surface area (Å²) in [6, 6.07) is 16.4. The lowest BCUT2D eigenvalue weighted by Gasteiger charge is -2.26. The minimum Gasteiger partial charge on any atom is -0.507 e. The first-order chi connectivity index (χ1) is 16.3. The molecule has 1 amide bonds. The second-order valence-electron chi connectivity index (χ2n) is 8.06. The molecule has 0 spiro atoms. The first-order valence-corrected chi connectivity index (χ1v) is 11.0. The Morgan fingerprint density at radius 3 is 2.21 bits per heavy atom. The Morgan fingerprint density at radius 2 is 1.62 bits per heavy atom. The Kier molecular flexibility index (Phi) is 6.35. The van der Waals surface area contributed by atoms with Gasteiger partial charge in [-0.3, -0.25) is 14.5 Å². The van der Waals surface area contributed by atoms with Crippen molar-refractivity contribution in [3.05, 3.63) is 93.5 Å². The maximum Gasteiger partial charge on any atom is 0.300 e. The minimum absolute atomic E-state index is 0.00330. The van der Waals surface area contributed by atoms with Crippen LogP contribution in [0.4, 0.5) is 5.69 Å². The Labute approximate surface area is 203 Å². The molecule has 0 bridgehead atoms. The number of Topliss-reactive ketones (excluding diaryl/α,β-unsaturated/α-hetero) is 1. The van der Waals surface area contributed by atoms with E-state index in [1.165, 1.54) is 4.90 Å².